The Balaban J connectivity index is 2.41. The highest BCUT2D eigenvalue weighted by atomic mass is 35.5. The molecule has 18 heavy (non-hydrogen) atoms. The molecule has 7 heteroatoms. The summed E-state index contributed by atoms with van der Waals surface area (Å²) in [5.74, 6) is -0.971. The third-order valence-corrected chi connectivity index (χ3v) is 2.51. The summed E-state index contributed by atoms with van der Waals surface area (Å²) in [6.45, 7) is 0. The summed E-state index contributed by atoms with van der Waals surface area (Å²) in [7, 11) is 0. The first-order valence-corrected chi connectivity index (χ1v) is 5.49. The third-order valence-electron chi connectivity index (χ3n) is 2.01. The van der Waals surface area contributed by atoms with Gasteiger partial charge in [0.25, 0.3) is 0 Å². The summed E-state index contributed by atoms with van der Waals surface area (Å²) in [6, 6.07) is 4.23. The average Bonchev–Trinajstić information content (AvgIpc) is 2.34. The Bertz CT molecular complexity index is 605. The molecule has 0 aliphatic heterocycles. The van der Waals surface area contributed by atoms with E-state index in [0.29, 0.717) is 5.02 Å². The third kappa shape index (κ3) is 2.69. The maximum Gasteiger partial charge on any atom is 0.339 e. The van der Waals surface area contributed by atoms with Crippen molar-refractivity contribution in [2.45, 2.75) is 0 Å². The predicted octanol–water partition coefficient (Wildman–Crippen LogP) is 3.27. The lowest BCUT2D eigenvalue weighted by Crippen LogP contribution is -2.01. The van der Waals surface area contributed by atoms with Gasteiger partial charge in [-0.05, 0) is 18.2 Å². The number of halogens is 2. The monoisotopic (exact) mass is 284 g/mol. The minimum Gasteiger partial charge on any atom is -0.478 e. The van der Waals surface area contributed by atoms with E-state index in [2.05, 4.69) is 9.97 Å². The molecule has 0 amide bonds. The van der Waals surface area contributed by atoms with Gasteiger partial charge in [-0.3, -0.25) is 0 Å². The maximum atomic E-state index is 11.0. The summed E-state index contributed by atoms with van der Waals surface area (Å²) >= 11 is 11.5. The SMILES string of the molecule is O=C(O)c1cc(Cl)ccc1Oc1ncncc1Cl. The molecule has 92 valence electrons. The zero-order chi connectivity index (χ0) is 13.1. The summed E-state index contributed by atoms with van der Waals surface area (Å²) in [6.07, 6.45) is 2.60. The molecular formula is C11H6Cl2N2O3. The summed E-state index contributed by atoms with van der Waals surface area (Å²) in [5, 5.41) is 9.52. The fraction of sp³-hybridized carbons (Fsp3) is 0. The first kappa shape index (κ1) is 12.6. The smallest absolute Gasteiger partial charge is 0.339 e. The van der Waals surface area contributed by atoms with Gasteiger partial charge >= 0.3 is 5.97 Å². The van der Waals surface area contributed by atoms with E-state index in [1.807, 2.05) is 0 Å². The van der Waals surface area contributed by atoms with Gasteiger partial charge in [-0.15, -0.1) is 0 Å². The van der Waals surface area contributed by atoms with Gasteiger partial charge in [-0.1, -0.05) is 23.2 Å². The molecule has 1 N–H and O–H groups in total. The van der Waals surface area contributed by atoms with Crippen LogP contribution in [0.2, 0.25) is 10.0 Å². The van der Waals surface area contributed by atoms with Crippen LogP contribution in [0.15, 0.2) is 30.7 Å². The summed E-state index contributed by atoms with van der Waals surface area (Å²) in [4.78, 5) is 18.5. The van der Waals surface area contributed by atoms with Crippen molar-refractivity contribution in [3.8, 4) is 11.6 Å². The van der Waals surface area contributed by atoms with Crippen LogP contribution in [0, 0.1) is 0 Å². The number of carbonyl (C=O) groups is 1. The molecule has 0 saturated carbocycles. The highest BCUT2D eigenvalue weighted by Crippen LogP contribution is 2.30. The minimum atomic E-state index is -1.15. The van der Waals surface area contributed by atoms with Gasteiger partial charge in [0.15, 0.2) is 0 Å². The Morgan fingerprint density at radius 1 is 1.33 bits per heavy atom. The van der Waals surface area contributed by atoms with Crippen LogP contribution in [0.4, 0.5) is 0 Å². The van der Waals surface area contributed by atoms with Gasteiger partial charge in [0, 0.05) is 5.02 Å². The van der Waals surface area contributed by atoms with Crippen LogP contribution in [0.25, 0.3) is 0 Å². The molecule has 0 radical (unpaired) electrons. The summed E-state index contributed by atoms with van der Waals surface area (Å²) in [5.41, 5.74) is -0.0721. The lowest BCUT2D eigenvalue weighted by molar-refractivity contribution is 0.0694. The Hall–Kier alpha value is -1.85. The number of aromatic carboxylic acids is 1. The molecule has 0 atom stereocenters. The number of rotatable bonds is 3. The van der Waals surface area contributed by atoms with Crippen molar-refractivity contribution < 1.29 is 14.6 Å². The lowest BCUT2D eigenvalue weighted by Gasteiger charge is -2.08. The normalized spacial score (nSPS) is 10.1. The highest BCUT2D eigenvalue weighted by Gasteiger charge is 2.14. The molecule has 0 aliphatic carbocycles. The first-order valence-electron chi connectivity index (χ1n) is 4.74. The van der Waals surface area contributed by atoms with Crippen molar-refractivity contribution in [1.29, 1.82) is 0 Å². The van der Waals surface area contributed by atoms with Crippen LogP contribution in [0.5, 0.6) is 11.6 Å². The molecule has 1 aromatic heterocycles. The minimum absolute atomic E-state index is 0.0721. The molecule has 0 unspecified atom stereocenters. The number of hydrogen-bond acceptors (Lipinski definition) is 4. The second-order valence-electron chi connectivity index (χ2n) is 3.22. The molecule has 5 nitrogen and oxygen atoms in total. The molecule has 2 rings (SSSR count). The number of benzene rings is 1. The van der Waals surface area contributed by atoms with Crippen molar-refractivity contribution in [2.75, 3.05) is 0 Å². The van der Waals surface area contributed by atoms with Crippen LogP contribution in [0.1, 0.15) is 10.4 Å². The van der Waals surface area contributed by atoms with Gasteiger partial charge in [-0.2, -0.15) is 0 Å². The molecule has 1 heterocycles. The van der Waals surface area contributed by atoms with Gasteiger partial charge < -0.3 is 9.84 Å². The number of nitrogens with zero attached hydrogens (tertiary/aromatic N) is 2. The molecule has 0 bridgehead atoms. The van der Waals surface area contributed by atoms with Crippen molar-refractivity contribution in [3.05, 3.63) is 46.3 Å². The van der Waals surface area contributed by atoms with Crippen molar-refractivity contribution in [2.24, 2.45) is 0 Å². The largest absolute Gasteiger partial charge is 0.478 e. The van der Waals surface area contributed by atoms with Crippen LogP contribution < -0.4 is 4.74 Å². The van der Waals surface area contributed by atoms with E-state index in [0.717, 1.165) is 0 Å². The van der Waals surface area contributed by atoms with Crippen LogP contribution in [-0.4, -0.2) is 21.0 Å². The standard InChI is InChI=1S/C11H6Cl2N2O3/c12-6-1-2-9(7(3-6)11(16)17)18-10-8(13)4-14-5-15-10/h1-5H,(H,16,17). The molecule has 1 aromatic carbocycles. The van der Waals surface area contributed by atoms with Crippen LogP contribution in [-0.2, 0) is 0 Å². The summed E-state index contributed by atoms with van der Waals surface area (Å²) < 4.78 is 5.33. The van der Waals surface area contributed by atoms with E-state index in [1.54, 1.807) is 0 Å². The van der Waals surface area contributed by atoms with Crippen molar-refractivity contribution in [1.82, 2.24) is 9.97 Å². The fourth-order valence-electron chi connectivity index (χ4n) is 1.24. The molecule has 2 aromatic rings. The van der Waals surface area contributed by atoms with Gasteiger partial charge in [0.2, 0.25) is 5.88 Å². The molecule has 0 saturated heterocycles. The average molecular weight is 285 g/mol. The highest BCUT2D eigenvalue weighted by molar-refractivity contribution is 6.31. The van der Waals surface area contributed by atoms with Crippen LogP contribution in [0.3, 0.4) is 0 Å². The van der Waals surface area contributed by atoms with E-state index in [4.69, 9.17) is 33.0 Å². The van der Waals surface area contributed by atoms with Gasteiger partial charge in [0.1, 0.15) is 22.7 Å². The molecule has 0 aliphatic rings. The molecular weight excluding hydrogens is 279 g/mol. The van der Waals surface area contributed by atoms with E-state index in [-0.39, 0.29) is 22.2 Å². The van der Waals surface area contributed by atoms with E-state index in [9.17, 15) is 4.79 Å². The lowest BCUT2D eigenvalue weighted by atomic mass is 10.2. The van der Waals surface area contributed by atoms with Gasteiger partial charge in [0.05, 0.1) is 6.20 Å². The number of aromatic nitrogens is 2. The quantitative estimate of drug-likeness (QED) is 0.936. The fourth-order valence-corrected chi connectivity index (χ4v) is 1.55. The second-order valence-corrected chi connectivity index (χ2v) is 4.07. The van der Waals surface area contributed by atoms with Gasteiger partial charge in [-0.25, -0.2) is 14.8 Å². The Labute approximate surface area is 112 Å². The maximum absolute atomic E-state index is 11.0. The number of ether oxygens (including phenoxy) is 1. The Morgan fingerprint density at radius 2 is 2.11 bits per heavy atom. The second kappa shape index (κ2) is 5.20. The van der Waals surface area contributed by atoms with Crippen molar-refractivity contribution in [3.63, 3.8) is 0 Å². The Kier molecular flexibility index (Phi) is 3.64. The zero-order valence-corrected chi connectivity index (χ0v) is 10.3. The first-order chi connectivity index (χ1) is 8.58. The molecule has 0 fully saturated rings. The zero-order valence-electron chi connectivity index (χ0n) is 8.80. The molecule has 0 spiro atoms. The topological polar surface area (TPSA) is 72.3 Å². The predicted molar refractivity (Wildman–Crippen MR) is 65.5 cm³/mol. The Morgan fingerprint density at radius 3 is 2.78 bits per heavy atom. The van der Waals surface area contributed by atoms with E-state index in [1.165, 1.54) is 30.7 Å². The van der Waals surface area contributed by atoms with Crippen LogP contribution >= 0.6 is 23.2 Å². The number of carboxylic acids is 1. The van der Waals surface area contributed by atoms with E-state index < -0.39 is 5.97 Å². The number of hydrogen-bond donors (Lipinski definition) is 1. The van der Waals surface area contributed by atoms with E-state index >= 15 is 0 Å². The van der Waals surface area contributed by atoms with Crippen molar-refractivity contribution >= 4 is 29.2 Å². The number of carboxylic acid groups (broad SMARTS) is 1.